The van der Waals surface area contributed by atoms with Gasteiger partial charge in [-0.2, -0.15) is 0 Å². The zero-order valence-electron chi connectivity index (χ0n) is 58.1. The number of rotatable bonds is 10. The van der Waals surface area contributed by atoms with E-state index >= 15 is 0 Å². The van der Waals surface area contributed by atoms with Gasteiger partial charge in [0.15, 0.2) is 0 Å². The Balaban J connectivity index is 0.587. The number of anilines is 3. The second-order valence-electron chi connectivity index (χ2n) is 28.6. The van der Waals surface area contributed by atoms with E-state index in [2.05, 4.69) is 363 Å². The lowest BCUT2D eigenvalue weighted by molar-refractivity contribution is 0.794. The standard InChI is InChI=1S/C102H63N5/c1-2-20-64(21-3-1)67-46-54-74(55-47-67)107(75-56-48-68(49-57-75)65-38-42-70(43-39-65)97-99(105-95-36-18-16-34-93(95)103-97)72-52-60-83-81-26-8-14-32-89(81)101(91(83)62-72)85-28-10-4-22-77(85)78-23-5-11-29-86(78)101)76-58-50-69(51-59-76)66-40-44-71(45-41-66)98-100(106-96-37-19-17-35-94(96)104-98)73-53-61-84-82-27-9-15-33-90(82)102(92(84)63-73)87-30-12-6-24-79(87)80-25-7-13-31-88(80)102/h1-63H. The maximum atomic E-state index is 5.49. The van der Waals surface area contributed by atoms with Gasteiger partial charge in [0.2, 0.25) is 0 Å². The van der Waals surface area contributed by atoms with Gasteiger partial charge in [-0.1, -0.05) is 309 Å². The summed E-state index contributed by atoms with van der Waals surface area (Å²) in [5.41, 5.74) is 40.5. The van der Waals surface area contributed by atoms with E-state index in [9.17, 15) is 0 Å². The van der Waals surface area contributed by atoms with Crippen molar-refractivity contribution in [2.45, 2.75) is 10.8 Å². The van der Waals surface area contributed by atoms with Crippen molar-refractivity contribution in [2.75, 3.05) is 4.90 Å². The Bertz CT molecular complexity index is 6170. The van der Waals surface area contributed by atoms with E-state index in [-0.39, 0.29) is 0 Å². The molecular formula is C102H63N5. The molecule has 0 unspecified atom stereocenters. The van der Waals surface area contributed by atoms with Gasteiger partial charge in [-0.15, -0.1) is 0 Å². The van der Waals surface area contributed by atoms with E-state index in [1.807, 2.05) is 24.3 Å². The second-order valence-corrected chi connectivity index (χ2v) is 28.6. The normalized spacial score (nSPS) is 13.2. The SMILES string of the molecule is c1ccc(-c2ccc(N(c3ccc(-c4ccc(-c5nc6ccccc6nc5-c5ccc6c(c5)C5(c7ccccc7-c7ccccc75)c5ccccc5-6)cc4)cc3)c3ccc(-c4ccc(-c5nc6ccccc6nc5-c5ccc6c(c5)C5(c7ccccc7-c7ccccc75)c5ccccc5-6)cc4)cc3)cc2)cc1. The van der Waals surface area contributed by atoms with Crippen molar-refractivity contribution in [2.24, 2.45) is 0 Å². The number of hydrogen-bond acceptors (Lipinski definition) is 5. The van der Waals surface area contributed by atoms with Crippen LogP contribution in [-0.4, -0.2) is 19.9 Å². The number of nitrogens with zero attached hydrogens (tertiary/aromatic N) is 5. The van der Waals surface area contributed by atoms with E-state index in [1.165, 1.54) is 94.6 Å². The predicted octanol–water partition coefficient (Wildman–Crippen LogP) is 25.4. The van der Waals surface area contributed by atoms with E-state index in [4.69, 9.17) is 19.9 Å². The van der Waals surface area contributed by atoms with Crippen LogP contribution in [0.1, 0.15) is 44.5 Å². The number of para-hydroxylation sites is 4. The predicted molar refractivity (Wildman–Crippen MR) is 438 cm³/mol. The van der Waals surface area contributed by atoms with Crippen molar-refractivity contribution in [1.29, 1.82) is 0 Å². The van der Waals surface area contributed by atoms with Crippen molar-refractivity contribution in [1.82, 2.24) is 19.9 Å². The molecule has 0 aliphatic heterocycles. The Hall–Kier alpha value is -14.0. The summed E-state index contributed by atoms with van der Waals surface area (Å²) in [5.74, 6) is 0. The highest BCUT2D eigenvalue weighted by Crippen LogP contribution is 2.65. The third-order valence-corrected chi connectivity index (χ3v) is 23.1. The average molecular weight is 1360 g/mol. The molecule has 0 saturated heterocycles. The summed E-state index contributed by atoms with van der Waals surface area (Å²) >= 11 is 0. The first-order valence-corrected chi connectivity index (χ1v) is 36.8. The molecule has 0 saturated carbocycles. The molecule has 2 spiro atoms. The van der Waals surface area contributed by atoms with Gasteiger partial charge in [-0.25, -0.2) is 19.9 Å². The second kappa shape index (κ2) is 23.8. The molecule has 4 aliphatic rings. The van der Waals surface area contributed by atoms with Crippen molar-refractivity contribution in [3.05, 3.63) is 427 Å². The van der Waals surface area contributed by atoms with Gasteiger partial charge in [-0.05, 0) is 195 Å². The van der Waals surface area contributed by atoms with Crippen LogP contribution in [0.4, 0.5) is 17.1 Å². The molecule has 0 bridgehead atoms. The number of aromatic nitrogens is 4. The maximum Gasteiger partial charge on any atom is 0.0973 e. The summed E-state index contributed by atoms with van der Waals surface area (Å²) in [6.45, 7) is 0. The van der Waals surface area contributed by atoms with Crippen LogP contribution in [0.15, 0.2) is 382 Å². The highest BCUT2D eigenvalue weighted by atomic mass is 15.1. The zero-order chi connectivity index (χ0) is 70.3. The lowest BCUT2D eigenvalue weighted by Gasteiger charge is -2.30. The largest absolute Gasteiger partial charge is 0.311 e. The van der Waals surface area contributed by atoms with Crippen molar-refractivity contribution < 1.29 is 0 Å². The smallest absolute Gasteiger partial charge is 0.0973 e. The highest BCUT2D eigenvalue weighted by molar-refractivity contribution is 6.00. The van der Waals surface area contributed by atoms with Crippen LogP contribution in [0, 0.1) is 0 Å². The van der Waals surface area contributed by atoms with Gasteiger partial charge < -0.3 is 4.90 Å². The third-order valence-electron chi connectivity index (χ3n) is 23.1. The molecule has 18 aromatic rings. The highest BCUT2D eigenvalue weighted by Gasteiger charge is 2.53. The molecule has 0 radical (unpaired) electrons. The molecule has 0 fully saturated rings. The minimum atomic E-state index is -0.478. The van der Waals surface area contributed by atoms with E-state index in [0.717, 1.165) is 112 Å². The first-order valence-electron chi connectivity index (χ1n) is 36.8. The maximum absolute atomic E-state index is 5.49. The van der Waals surface area contributed by atoms with Crippen LogP contribution >= 0.6 is 0 Å². The summed E-state index contributed by atoms with van der Waals surface area (Å²) in [6, 6.07) is 139. The minimum absolute atomic E-state index is 0.478. The molecule has 0 atom stereocenters. The molecule has 2 aromatic heterocycles. The summed E-state index contributed by atoms with van der Waals surface area (Å²) < 4.78 is 0. The molecule has 22 rings (SSSR count). The molecule has 5 heteroatoms. The molecular weight excluding hydrogens is 1300 g/mol. The third kappa shape index (κ3) is 9.11. The van der Waals surface area contributed by atoms with E-state index in [0.29, 0.717) is 0 Å². The molecule has 16 aromatic carbocycles. The van der Waals surface area contributed by atoms with Crippen LogP contribution in [0.2, 0.25) is 0 Å². The first-order chi connectivity index (χ1) is 53.0. The van der Waals surface area contributed by atoms with Crippen molar-refractivity contribution in [3.8, 4) is 123 Å². The number of hydrogen-bond donors (Lipinski definition) is 0. The first kappa shape index (κ1) is 60.6. The van der Waals surface area contributed by atoms with Gasteiger partial charge in [0, 0.05) is 39.3 Å². The lowest BCUT2D eigenvalue weighted by Crippen LogP contribution is -2.25. The van der Waals surface area contributed by atoms with E-state index < -0.39 is 10.8 Å². The molecule has 0 N–H and O–H groups in total. The Morgan fingerprint density at radius 1 is 0.159 bits per heavy atom. The fourth-order valence-corrected chi connectivity index (χ4v) is 18.4. The van der Waals surface area contributed by atoms with Gasteiger partial charge in [0.1, 0.15) is 0 Å². The molecule has 5 nitrogen and oxygen atoms in total. The van der Waals surface area contributed by atoms with Gasteiger partial charge in [0.25, 0.3) is 0 Å². The van der Waals surface area contributed by atoms with Gasteiger partial charge >= 0.3 is 0 Å². The van der Waals surface area contributed by atoms with Crippen LogP contribution in [0.25, 0.3) is 145 Å². The zero-order valence-corrected chi connectivity index (χ0v) is 58.1. The van der Waals surface area contributed by atoms with Crippen molar-refractivity contribution in [3.63, 3.8) is 0 Å². The molecule has 0 amide bonds. The summed E-state index contributed by atoms with van der Waals surface area (Å²) in [5, 5.41) is 0. The minimum Gasteiger partial charge on any atom is -0.311 e. The van der Waals surface area contributed by atoms with Gasteiger partial charge in [0.05, 0.1) is 55.7 Å². The lowest BCUT2D eigenvalue weighted by atomic mass is 9.70. The monoisotopic (exact) mass is 1360 g/mol. The summed E-state index contributed by atoms with van der Waals surface area (Å²) in [7, 11) is 0. The molecule has 2 heterocycles. The Morgan fingerprint density at radius 3 is 0.654 bits per heavy atom. The fourth-order valence-electron chi connectivity index (χ4n) is 18.4. The van der Waals surface area contributed by atoms with Crippen LogP contribution < -0.4 is 4.90 Å². The van der Waals surface area contributed by atoms with Crippen LogP contribution in [0.3, 0.4) is 0 Å². The Morgan fingerprint density at radius 2 is 0.364 bits per heavy atom. The fraction of sp³-hybridized carbons (Fsp3) is 0.0196. The topological polar surface area (TPSA) is 54.8 Å². The Kier molecular flexibility index (Phi) is 13.5. The van der Waals surface area contributed by atoms with Crippen LogP contribution in [-0.2, 0) is 10.8 Å². The number of benzene rings is 16. The van der Waals surface area contributed by atoms with Gasteiger partial charge in [-0.3, -0.25) is 0 Å². The molecule has 496 valence electrons. The average Bonchev–Trinajstić information content (AvgIpc) is 1.52. The Labute approximate surface area is 620 Å². The molecule has 4 aliphatic carbocycles. The van der Waals surface area contributed by atoms with E-state index in [1.54, 1.807) is 0 Å². The van der Waals surface area contributed by atoms with Crippen molar-refractivity contribution >= 4 is 39.1 Å². The number of fused-ring (bicyclic) bond motifs is 22. The van der Waals surface area contributed by atoms with Crippen LogP contribution in [0.5, 0.6) is 0 Å². The quantitative estimate of drug-likeness (QED) is 0.137. The summed E-state index contributed by atoms with van der Waals surface area (Å²) in [4.78, 5) is 24.2. The summed E-state index contributed by atoms with van der Waals surface area (Å²) in [6.07, 6.45) is 0. The molecule has 107 heavy (non-hydrogen) atoms.